The summed E-state index contributed by atoms with van der Waals surface area (Å²) in [5.74, 6) is 2.95. The average molecular weight is 249 g/mol. The molecule has 5 heteroatoms. The summed E-state index contributed by atoms with van der Waals surface area (Å²) in [5.41, 5.74) is 0.816. The van der Waals surface area contributed by atoms with E-state index in [9.17, 15) is 0 Å². The molecule has 1 saturated heterocycles. The third kappa shape index (κ3) is 1.99. The molecule has 17 heavy (non-hydrogen) atoms. The molecule has 0 N–H and O–H groups in total. The Bertz CT molecular complexity index is 519. The number of hydrogen-bond donors (Lipinski definition) is 0. The Hall–Kier alpha value is -1.23. The summed E-state index contributed by atoms with van der Waals surface area (Å²) in [6, 6.07) is 3.85. The molecular weight excluding hydrogens is 234 g/mol. The van der Waals surface area contributed by atoms with Crippen molar-refractivity contribution in [2.45, 2.75) is 24.5 Å². The van der Waals surface area contributed by atoms with Gasteiger partial charge in [-0.1, -0.05) is 6.42 Å². The smallest absolute Gasteiger partial charge is 0.198 e. The normalized spacial score (nSPS) is 20.6. The van der Waals surface area contributed by atoms with E-state index in [4.69, 9.17) is 4.74 Å². The van der Waals surface area contributed by atoms with E-state index < -0.39 is 0 Å². The zero-order chi connectivity index (χ0) is 11.7. The minimum absolute atomic E-state index is 0.452. The summed E-state index contributed by atoms with van der Waals surface area (Å²) in [5, 5.41) is 5.00. The van der Waals surface area contributed by atoms with Crippen LogP contribution in [0.2, 0.25) is 0 Å². The molecule has 0 bridgehead atoms. The van der Waals surface area contributed by atoms with Crippen molar-refractivity contribution in [2.75, 3.05) is 12.9 Å². The van der Waals surface area contributed by atoms with E-state index in [0.717, 1.165) is 17.2 Å². The van der Waals surface area contributed by atoms with Gasteiger partial charge in [0.2, 0.25) is 0 Å². The molecule has 90 valence electrons. The van der Waals surface area contributed by atoms with Crippen molar-refractivity contribution in [3.8, 4) is 5.75 Å². The molecule has 0 radical (unpaired) electrons. The first-order chi connectivity index (χ1) is 8.38. The van der Waals surface area contributed by atoms with Gasteiger partial charge in [-0.2, -0.15) is 11.8 Å². The zero-order valence-electron chi connectivity index (χ0n) is 9.80. The van der Waals surface area contributed by atoms with Crippen LogP contribution in [0.25, 0.3) is 5.65 Å². The lowest BCUT2D eigenvalue weighted by atomic mass is 10.2. The molecule has 0 aromatic carbocycles. The standard InChI is InChI=1S/C12H15N3OS/c1-16-9-5-4-7-15-12(9)13-11(14-15)10-6-2-3-8-17-10/h4-5,7,10H,2-3,6,8H2,1H3. The molecule has 1 aliphatic rings. The molecule has 4 nitrogen and oxygen atoms in total. The first kappa shape index (κ1) is 10.9. The quantitative estimate of drug-likeness (QED) is 0.820. The Morgan fingerprint density at radius 1 is 1.47 bits per heavy atom. The number of methoxy groups -OCH3 is 1. The second kappa shape index (κ2) is 4.56. The van der Waals surface area contributed by atoms with Crippen LogP contribution in [0.5, 0.6) is 5.75 Å². The van der Waals surface area contributed by atoms with E-state index in [1.165, 1.54) is 25.0 Å². The molecule has 1 unspecified atom stereocenters. The van der Waals surface area contributed by atoms with Gasteiger partial charge in [-0.05, 0) is 30.7 Å². The Labute approximate surface area is 104 Å². The zero-order valence-corrected chi connectivity index (χ0v) is 10.6. The predicted molar refractivity (Wildman–Crippen MR) is 68.6 cm³/mol. The van der Waals surface area contributed by atoms with Gasteiger partial charge in [0, 0.05) is 6.20 Å². The van der Waals surface area contributed by atoms with Gasteiger partial charge in [-0.3, -0.25) is 0 Å². The van der Waals surface area contributed by atoms with Crippen molar-refractivity contribution in [1.82, 2.24) is 14.6 Å². The van der Waals surface area contributed by atoms with Gasteiger partial charge in [-0.25, -0.2) is 9.50 Å². The largest absolute Gasteiger partial charge is 0.493 e. The van der Waals surface area contributed by atoms with Crippen molar-refractivity contribution in [2.24, 2.45) is 0 Å². The van der Waals surface area contributed by atoms with Crippen molar-refractivity contribution in [1.29, 1.82) is 0 Å². The molecular formula is C12H15N3OS. The first-order valence-corrected chi connectivity index (χ1v) is 6.94. The number of fused-ring (bicyclic) bond motifs is 1. The highest BCUT2D eigenvalue weighted by atomic mass is 32.2. The Balaban J connectivity index is 2.00. The minimum atomic E-state index is 0.452. The third-order valence-electron chi connectivity index (χ3n) is 3.03. The van der Waals surface area contributed by atoms with Crippen molar-refractivity contribution < 1.29 is 4.74 Å². The van der Waals surface area contributed by atoms with E-state index in [1.54, 1.807) is 7.11 Å². The average Bonchev–Trinajstić information content (AvgIpc) is 2.83. The number of thioether (sulfide) groups is 1. The summed E-state index contributed by atoms with van der Waals surface area (Å²) in [7, 11) is 1.67. The van der Waals surface area contributed by atoms with Crippen LogP contribution in [0.3, 0.4) is 0 Å². The van der Waals surface area contributed by atoms with Gasteiger partial charge in [0.15, 0.2) is 17.2 Å². The maximum atomic E-state index is 5.30. The lowest BCUT2D eigenvalue weighted by Gasteiger charge is -2.17. The highest BCUT2D eigenvalue weighted by Crippen LogP contribution is 2.37. The van der Waals surface area contributed by atoms with Crippen LogP contribution in [0.15, 0.2) is 18.3 Å². The number of rotatable bonds is 2. The first-order valence-electron chi connectivity index (χ1n) is 5.89. The molecule has 1 aliphatic heterocycles. The van der Waals surface area contributed by atoms with Gasteiger partial charge in [0.25, 0.3) is 0 Å². The number of nitrogens with zero attached hydrogens (tertiary/aromatic N) is 3. The molecule has 0 amide bonds. The van der Waals surface area contributed by atoms with E-state index in [1.807, 2.05) is 34.6 Å². The number of ether oxygens (including phenoxy) is 1. The van der Waals surface area contributed by atoms with Gasteiger partial charge in [-0.15, -0.1) is 5.10 Å². The maximum Gasteiger partial charge on any atom is 0.198 e. The molecule has 3 rings (SSSR count). The summed E-state index contributed by atoms with van der Waals surface area (Å²) >= 11 is 1.97. The Kier molecular flexibility index (Phi) is 2.93. The highest BCUT2D eigenvalue weighted by molar-refractivity contribution is 7.99. The topological polar surface area (TPSA) is 39.4 Å². The van der Waals surface area contributed by atoms with Crippen LogP contribution in [0, 0.1) is 0 Å². The second-order valence-electron chi connectivity index (χ2n) is 4.17. The van der Waals surface area contributed by atoms with Crippen LogP contribution >= 0.6 is 11.8 Å². The van der Waals surface area contributed by atoms with Crippen molar-refractivity contribution >= 4 is 17.4 Å². The molecule has 3 heterocycles. The Morgan fingerprint density at radius 2 is 2.41 bits per heavy atom. The highest BCUT2D eigenvalue weighted by Gasteiger charge is 2.21. The van der Waals surface area contributed by atoms with E-state index in [-0.39, 0.29) is 0 Å². The van der Waals surface area contributed by atoms with Crippen LogP contribution < -0.4 is 4.74 Å². The number of hydrogen-bond acceptors (Lipinski definition) is 4. The molecule has 0 saturated carbocycles. The molecule has 0 spiro atoms. The third-order valence-corrected chi connectivity index (χ3v) is 4.40. The molecule has 1 atom stereocenters. The summed E-state index contributed by atoms with van der Waals surface area (Å²) < 4.78 is 7.11. The van der Waals surface area contributed by atoms with Crippen molar-refractivity contribution in [3.63, 3.8) is 0 Å². The second-order valence-corrected chi connectivity index (χ2v) is 5.48. The monoisotopic (exact) mass is 249 g/mol. The molecule has 2 aromatic heterocycles. The summed E-state index contributed by atoms with van der Waals surface area (Å²) in [6.45, 7) is 0. The van der Waals surface area contributed by atoms with Crippen LogP contribution in [0.1, 0.15) is 30.3 Å². The van der Waals surface area contributed by atoms with Gasteiger partial charge < -0.3 is 4.74 Å². The molecule has 2 aromatic rings. The van der Waals surface area contributed by atoms with Gasteiger partial charge >= 0.3 is 0 Å². The summed E-state index contributed by atoms with van der Waals surface area (Å²) in [4.78, 5) is 4.61. The van der Waals surface area contributed by atoms with Crippen LogP contribution in [-0.2, 0) is 0 Å². The molecule has 1 fully saturated rings. The SMILES string of the molecule is COc1cccn2nc(C3CCCCS3)nc12. The molecule has 0 aliphatic carbocycles. The lowest BCUT2D eigenvalue weighted by molar-refractivity contribution is 0.416. The fourth-order valence-electron chi connectivity index (χ4n) is 2.14. The van der Waals surface area contributed by atoms with E-state index in [0.29, 0.717) is 5.25 Å². The minimum Gasteiger partial charge on any atom is -0.493 e. The fourth-order valence-corrected chi connectivity index (χ4v) is 3.38. The van der Waals surface area contributed by atoms with Crippen LogP contribution in [0.4, 0.5) is 0 Å². The lowest BCUT2D eigenvalue weighted by Crippen LogP contribution is -2.04. The van der Waals surface area contributed by atoms with E-state index in [2.05, 4.69) is 10.1 Å². The number of aromatic nitrogens is 3. The Morgan fingerprint density at radius 3 is 3.18 bits per heavy atom. The van der Waals surface area contributed by atoms with Gasteiger partial charge in [0.1, 0.15) is 0 Å². The summed E-state index contributed by atoms with van der Waals surface area (Å²) in [6.07, 6.45) is 5.70. The van der Waals surface area contributed by atoms with Crippen LogP contribution in [-0.4, -0.2) is 27.5 Å². The van der Waals surface area contributed by atoms with E-state index >= 15 is 0 Å². The fraction of sp³-hybridized carbons (Fsp3) is 0.500. The van der Waals surface area contributed by atoms with Gasteiger partial charge in [0.05, 0.1) is 12.4 Å². The maximum absolute atomic E-state index is 5.30. The number of pyridine rings is 1. The predicted octanol–water partition coefficient (Wildman–Crippen LogP) is 2.70. The van der Waals surface area contributed by atoms with Crippen molar-refractivity contribution in [3.05, 3.63) is 24.2 Å².